The van der Waals surface area contributed by atoms with E-state index >= 15 is 0 Å². The highest BCUT2D eigenvalue weighted by atomic mass is 35.5. The van der Waals surface area contributed by atoms with Crippen molar-refractivity contribution in [2.45, 2.75) is 0 Å². The van der Waals surface area contributed by atoms with Gasteiger partial charge in [-0.15, -0.1) is 11.3 Å². The summed E-state index contributed by atoms with van der Waals surface area (Å²) in [5.41, 5.74) is 1.76. The van der Waals surface area contributed by atoms with Crippen LogP contribution in [0.1, 0.15) is 10.4 Å². The summed E-state index contributed by atoms with van der Waals surface area (Å²) in [7, 11) is 0. The first-order valence-electron chi connectivity index (χ1n) is 6.13. The zero-order valence-electron chi connectivity index (χ0n) is 11.0. The van der Waals surface area contributed by atoms with E-state index in [1.807, 2.05) is 23.6 Å². The fourth-order valence-corrected chi connectivity index (χ4v) is 2.89. The number of nitrogens with one attached hydrogen (secondary N) is 1. The van der Waals surface area contributed by atoms with E-state index in [-0.39, 0.29) is 16.2 Å². The van der Waals surface area contributed by atoms with Crippen molar-refractivity contribution in [2.24, 2.45) is 0 Å². The molecular formula is C14H8Cl2N4OS. The lowest BCUT2D eigenvalue weighted by molar-refractivity contribution is 0.102. The van der Waals surface area contributed by atoms with Crippen molar-refractivity contribution in [3.05, 3.63) is 57.8 Å². The Balaban J connectivity index is 1.79. The average Bonchev–Trinajstić information content (AvgIpc) is 2.95. The van der Waals surface area contributed by atoms with Gasteiger partial charge in [-0.05, 0) is 24.3 Å². The maximum absolute atomic E-state index is 12.2. The minimum absolute atomic E-state index is 0.158. The fraction of sp³-hybridized carbons (Fsp3) is 0. The lowest BCUT2D eigenvalue weighted by Gasteiger charge is -2.02. The van der Waals surface area contributed by atoms with E-state index in [1.165, 1.54) is 23.5 Å². The molecule has 1 amide bonds. The maximum atomic E-state index is 12.2. The van der Waals surface area contributed by atoms with Gasteiger partial charge in [-0.1, -0.05) is 29.3 Å². The highest BCUT2D eigenvalue weighted by molar-refractivity contribution is 7.14. The minimum atomic E-state index is -0.354. The molecule has 0 spiro atoms. The molecule has 5 nitrogen and oxygen atoms in total. The van der Waals surface area contributed by atoms with Crippen LogP contribution in [-0.2, 0) is 0 Å². The van der Waals surface area contributed by atoms with Crippen LogP contribution in [0.2, 0.25) is 10.3 Å². The van der Waals surface area contributed by atoms with E-state index in [4.69, 9.17) is 23.2 Å². The average molecular weight is 351 g/mol. The van der Waals surface area contributed by atoms with Crippen LogP contribution < -0.4 is 5.32 Å². The van der Waals surface area contributed by atoms with E-state index in [2.05, 4.69) is 20.3 Å². The minimum Gasteiger partial charge on any atom is -0.298 e. The smallest absolute Gasteiger partial charge is 0.257 e. The Morgan fingerprint density at radius 1 is 1.09 bits per heavy atom. The van der Waals surface area contributed by atoms with Crippen molar-refractivity contribution in [2.75, 3.05) is 5.32 Å². The summed E-state index contributed by atoms with van der Waals surface area (Å²) < 4.78 is 0. The van der Waals surface area contributed by atoms with Gasteiger partial charge in [0.15, 0.2) is 5.13 Å². The third kappa shape index (κ3) is 3.41. The van der Waals surface area contributed by atoms with Gasteiger partial charge in [-0.25, -0.2) is 9.97 Å². The second-order valence-corrected chi connectivity index (χ2v) is 5.84. The molecule has 8 heteroatoms. The number of aromatic nitrogens is 3. The summed E-state index contributed by atoms with van der Waals surface area (Å²) >= 11 is 12.9. The molecule has 0 bridgehead atoms. The van der Waals surface area contributed by atoms with Gasteiger partial charge in [0.2, 0.25) is 0 Å². The van der Waals surface area contributed by atoms with E-state index in [1.54, 1.807) is 6.20 Å². The highest BCUT2D eigenvalue weighted by Crippen LogP contribution is 2.24. The highest BCUT2D eigenvalue weighted by Gasteiger charge is 2.12. The molecule has 22 heavy (non-hydrogen) atoms. The zero-order valence-corrected chi connectivity index (χ0v) is 13.3. The van der Waals surface area contributed by atoms with Gasteiger partial charge in [0.1, 0.15) is 16.0 Å². The summed E-state index contributed by atoms with van der Waals surface area (Å²) in [5.74, 6) is -0.354. The number of rotatable bonds is 3. The van der Waals surface area contributed by atoms with Crippen molar-refractivity contribution >= 4 is 45.6 Å². The number of halogens is 2. The lowest BCUT2D eigenvalue weighted by atomic mass is 10.2. The normalized spacial score (nSPS) is 10.5. The van der Waals surface area contributed by atoms with Crippen LogP contribution in [0.5, 0.6) is 0 Å². The molecule has 110 valence electrons. The molecule has 0 aromatic carbocycles. The van der Waals surface area contributed by atoms with Gasteiger partial charge in [0, 0.05) is 17.1 Å². The van der Waals surface area contributed by atoms with E-state index in [0.29, 0.717) is 16.4 Å². The number of thiazole rings is 1. The molecule has 0 saturated carbocycles. The summed E-state index contributed by atoms with van der Waals surface area (Å²) in [5, 5.41) is 5.31. The molecule has 0 unspecified atom stereocenters. The number of nitrogens with zero attached hydrogens (tertiary/aromatic N) is 3. The zero-order chi connectivity index (χ0) is 15.5. The Kier molecular flexibility index (Phi) is 4.33. The SMILES string of the molecule is O=C(Nc1nc(-c2ccccn2)cs1)c1cc(Cl)nc(Cl)c1. The predicted molar refractivity (Wildman–Crippen MR) is 87.6 cm³/mol. The fourth-order valence-electron chi connectivity index (χ4n) is 1.73. The predicted octanol–water partition coefficient (Wildman–Crippen LogP) is 4.16. The van der Waals surface area contributed by atoms with Crippen molar-refractivity contribution in [1.29, 1.82) is 0 Å². The van der Waals surface area contributed by atoms with Crippen molar-refractivity contribution in [1.82, 2.24) is 15.0 Å². The molecule has 3 rings (SSSR count). The molecule has 1 N–H and O–H groups in total. The number of amides is 1. The molecule has 3 aromatic rings. The molecule has 0 aliphatic carbocycles. The monoisotopic (exact) mass is 350 g/mol. The first kappa shape index (κ1) is 14.9. The van der Waals surface area contributed by atoms with Crippen LogP contribution in [0.3, 0.4) is 0 Å². The summed E-state index contributed by atoms with van der Waals surface area (Å²) in [4.78, 5) is 24.5. The molecule has 0 saturated heterocycles. The lowest BCUT2D eigenvalue weighted by Crippen LogP contribution is -2.12. The first-order valence-corrected chi connectivity index (χ1v) is 7.77. The van der Waals surface area contributed by atoms with E-state index in [9.17, 15) is 4.79 Å². The van der Waals surface area contributed by atoms with Crippen molar-refractivity contribution in [3.8, 4) is 11.4 Å². The number of anilines is 1. The Bertz CT molecular complexity index is 802. The van der Waals surface area contributed by atoms with Crippen LogP contribution in [0, 0.1) is 0 Å². The van der Waals surface area contributed by atoms with Crippen molar-refractivity contribution < 1.29 is 4.79 Å². The molecular weight excluding hydrogens is 343 g/mol. The Hall–Kier alpha value is -2.02. The number of hydrogen-bond acceptors (Lipinski definition) is 5. The number of pyridine rings is 2. The van der Waals surface area contributed by atoms with Crippen LogP contribution in [0.4, 0.5) is 5.13 Å². The second-order valence-electron chi connectivity index (χ2n) is 4.21. The summed E-state index contributed by atoms with van der Waals surface area (Å²) in [6.07, 6.45) is 1.69. The standard InChI is InChI=1S/C14H8Cl2N4OS/c15-11-5-8(6-12(16)19-11)13(21)20-14-18-10(7-22-14)9-3-1-2-4-17-9/h1-7H,(H,18,20,21). The first-order chi connectivity index (χ1) is 10.6. The molecule has 0 radical (unpaired) electrons. The van der Waals surface area contributed by atoms with E-state index < -0.39 is 0 Å². The third-order valence-electron chi connectivity index (χ3n) is 2.68. The molecule has 0 aliphatic heterocycles. The van der Waals surface area contributed by atoms with E-state index in [0.717, 1.165) is 5.69 Å². The van der Waals surface area contributed by atoms with Gasteiger partial charge >= 0.3 is 0 Å². The van der Waals surface area contributed by atoms with Crippen LogP contribution in [0.15, 0.2) is 41.9 Å². The van der Waals surface area contributed by atoms with Crippen molar-refractivity contribution in [3.63, 3.8) is 0 Å². The van der Waals surface area contributed by atoms with Crippen LogP contribution >= 0.6 is 34.5 Å². The number of hydrogen-bond donors (Lipinski definition) is 1. The van der Waals surface area contributed by atoms with Crippen LogP contribution in [-0.4, -0.2) is 20.9 Å². The van der Waals surface area contributed by atoms with Crippen LogP contribution in [0.25, 0.3) is 11.4 Å². The van der Waals surface area contributed by atoms with Gasteiger partial charge in [0.05, 0.1) is 5.69 Å². The quantitative estimate of drug-likeness (QED) is 0.720. The number of carbonyl (C=O) groups excluding carboxylic acids is 1. The molecule has 0 fully saturated rings. The van der Waals surface area contributed by atoms with Gasteiger partial charge < -0.3 is 0 Å². The Labute approximate surface area is 140 Å². The Morgan fingerprint density at radius 2 is 1.86 bits per heavy atom. The summed E-state index contributed by atoms with van der Waals surface area (Å²) in [6.45, 7) is 0. The molecule has 3 aromatic heterocycles. The molecule has 3 heterocycles. The molecule has 0 atom stereocenters. The summed E-state index contributed by atoms with van der Waals surface area (Å²) in [6, 6.07) is 8.44. The maximum Gasteiger partial charge on any atom is 0.257 e. The van der Waals surface area contributed by atoms with Gasteiger partial charge in [-0.3, -0.25) is 15.1 Å². The Morgan fingerprint density at radius 3 is 2.55 bits per heavy atom. The topological polar surface area (TPSA) is 67.8 Å². The van der Waals surface area contributed by atoms with Gasteiger partial charge in [-0.2, -0.15) is 0 Å². The largest absolute Gasteiger partial charge is 0.298 e. The van der Waals surface area contributed by atoms with Gasteiger partial charge in [0.25, 0.3) is 5.91 Å². The molecule has 0 aliphatic rings. The second kappa shape index (κ2) is 6.39. The third-order valence-corrected chi connectivity index (χ3v) is 3.82. The number of carbonyl (C=O) groups is 1.